The molecule has 2 fully saturated rings. The summed E-state index contributed by atoms with van der Waals surface area (Å²) in [7, 11) is 0. The van der Waals surface area contributed by atoms with Crippen LogP contribution < -0.4 is 5.32 Å². The lowest BCUT2D eigenvalue weighted by atomic mass is 9.93. The van der Waals surface area contributed by atoms with E-state index in [-0.39, 0.29) is 0 Å². The van der Waals surface area contributed by atoms with Crippen molar-refractivity contribution in [3.05, 3.63) is 0 Å². The number of hydrogen-bond donors (Lipinski definition) is 1. The predicted octanol–water partition coefficient (Wildman–Crippen LogP) is 2.02. The van der Waals surface area contributed by atoms with Crippen LogP contribution in [0.4, 0.5) is 0 Å². The lowest BCUT2D eigenvalue weighted by Gasteiger charge is -2.28. The third kappa shape index (κ3) is 1.73. The van der Waals surface area contributed by atoms with E-state index in [2.05, 4.69) is 23.3 Å². The highest BCUT2D eigenvalue weighted by atomic mass is 32.2. The highest BCUT2D eigenvalue weighted by molar-refractivity contribution is 8.00. The maximum Gasteiger partial charge on any atom is 0.0282 e. The second-order valence-corrected chi connectivity index (χ2v) is 5.17. The lowest BCUT2D eigenvalue weighted by Crippen LogP contribution is -2.39. The molecule has 0 bridgehead atoms. The Morgan fingerprint density at radius 2 is 2.18 bits per heavy atom. The molecule has 64 valence electrons. The molecule has 0 aromatic rings. The zero-order valence-electron chi connectivity index (χ0n) is 7.23. The van der Waals surface area contributed by atoms with Gasteiger partial charge in [0.15, 0.2) is 0 Å². The molecule has 2 heteroatoms. The van der Waals surface area contributed by atoms with Crippen molar-refractivity contribution in [2.24, 2.45) is 0 Å². The number of hydrogen-bond acceptors (Lipinski definition) is 2. The molecule has 0 atom stereocenters. The summed E-state index contributed by atoms with van der Waals surface area (Å²) in [4.78, 5) is 0. The standard InChI is InChI=1S/C9H17NS/c1-11-9(5-6-9)7-10-8-3-2-4-8/h8,10H,2-7H2,1H3. The second kappa shape index (κ2) is 2.98. The van der Waals surface area contributed by atoms with Crippen molar-refractivity contribution in [1.82, 2.24) is 5.32 Å². The molecule has 0 radical (unpaired) electrons. The van der Waals surface area contributed by atoms with Gasteiger partial charge in [-0.25, -0.2) is 0 Å². The molecule has 0 unspecified atom stereocenters. The summed E-state index contributed by atoms with van der Waals surface area (Å²) in [5.74, 6) is 0. The average Bonchev–Trinajstić information content (AvgIpc) is 2.66. The van der Waals surface area contributed by atoms with Crippen LogP contribution in [0.3, 0.4) is 0 Å². The molecule has 2 aliphatic rings. The van der Waals surface area contributed by atoms with Crippen LogP contribution in [-0.2, 0) is 0 Å². The van der Waals surface area contributed by atoms with Crippen molar-refractivity contribution < 1.29 is 0 Å². The van der Waals surface area contributed by atoms with Gasteiger partial charge in [0.05, 0.1) is 0 Å². The van der Waals surface area contributed by atoms with Crippen LogP contribution in [0.2, 0.25) is 0 Å². The van der Waals surface area contributed by atoms with E-state index in [1.165, 1.54) is 38.6 Å². The highest BCUT2D eigenvalue weighted by Gasteiger charge is 2.41. The van der Waals surface area contributed by atoms with Gasteiger partial charge in [-0.3, -0.25) is 0 Å². The fourth-order valence-electron chi connectivity index (χ4n) is 1.54. The molecule has 1 nitrogen and oxygen atoms in total. The Bertz CT molecular complexity index is 138. The van der Waals surface area contributed by atoms with E-state index >= 15 is 0 Å². The van der Waals surface area contributed by atoms with E-state index in [0.717, 1.165) is 6.04 Å². The highest BCUT2D eigenvalue weighted by Crippen LogP contribution is 2.46. The summed E-state index contributed by atoms with van der Waals surface area (Å²) >= 11 is 2.05. The third-order valence-electron chi connectivity index (χ3n) is 3.06. The van der Waals surface area contributed by atoms with Gasteiger partial charge in [-0.05, 0) is 31.9 Å². The molecule has 0 aromatic heterocycles. The molecule has 2 saturated carbocycles. The summed E-state index contributed by atoms with van der Waals surface area (Å²) < 4.78 is 0.662. The first-order valence-corrected chi connectivity index (χ1v) is 5.86. The van der Waals surface area contributed by atoms with Gasteiger partial charge in [0.2, 0.25) is 0 Å². The molecule has 2 rings (SSSR count). The number of rotatable bonds is 4. The van der Waals surface area contributed by atoms with Gasteiger partial charge in [0.25, 0.3) is 0 Å². The van der Waals surface area contributed by atoms with Crippen molar-refractivity contribution in [3.8, 4) is 0 Å². The minimum atomic E-state index is 0.662. The average molecular weight is 171 g/mol. The Kier molecular flexibility index (Phi) is 2.15. The van der Waals surface area contributed by atoms with Crippen molar-refractivity contribution in [2.45, 2.75) is 42.9 Å². The Morgan fingerprint density at radius 1 is 1.45 bits per heavy atom. The van der Waals surface area contributed by atoms with Crippen LogP contribution in [0.5, 0.6) is 0 Å². The summed E-state index contributed by atoms with van der Waals surface area (Å²) in [5.41, 5.74) is 0. The van der Waals surface area contributed by atoms with E-state index in [0.29, 0.717) is 4.75 Å². The maximum absolute atomic E-state index is 3.65. The zero-order chi connectivity index (χ0) is 7.73. The summed E-state index contributed by atoms with van der Waals surface area (Å²) in [5, 5.41) is 3.65. The molecule has 0 aliphatic heterocycles. The van der Waals surface area contributed by atoms with Gasteiger partial charge in [0, 0.05) is 17.3 Å². The van der Waals surface area contributed by atoms with E-state index in [1.807, 2.05) is 0 Å². The van der Waals surface area contributed by atoms with Gasteiger partial charge in [-0.15, -0.1) is 0 Å². The second-order valence-electron chi connectivity index (χ2n) is 3.90. The molecule has 1 N–H and O–H groups in total. The molecule has 0 spiro atoms. The van der Waals surface area contributed by atoms with E-state index in [9.17, 15) is 0 Å². The summed E-state index contributed by atoms with van der Waals surface area (Å²) in [6.07, 6.45) is 9.41. The summed E-state index contributed by atoms with van der Waals surface area (Å²) in [6.45, 7) is 1.26. The fourth-order valence-corrected chi connectivity index (χ4v) is 2.27. The molecular weight excluding hydrogens is 154 g/mol. The van der Waals surface area contributed by atoms with Gasteiger partial charge >= 0.3 is 0 Å². The quantitative estimate of drug-likeness (QED) is 0.694. The fraction of sp³-hybridized carbons (Fsp3) is 1.00. The molecule has 2 aliphatic carbocycles. The largest absolute Gasteiger partial charge is 0.313 e. The van der Waals surface area contributed by atoms with Gasteiger partial charge in [-0.2, -0.15) is 11.8 Å². The van der Waals surface area contributed by atoms with Crippen molar-refractivity contribution in [3.63, 3.8) is 0 Å². The number of thioether (sulfide) groups is 1. The summed E-state index contributed by atoms with van der Waals surface area (Å²) in [6, 6.07) is 0.875. The Morgan fingerprint density at radius 3 is 2.55 bits per heavy atom. The van der Waals surface area contributed by atoms with Crippen LogP contribution >= 0.6 is 11.8 Å². The van der Waals surface area contributed by atoms with Crippen LogP contribution in [-0.4, -0.2) is 23.6 Å². The first-order valence-electron chi connectivity index (χ1n) is 4.63. The minimum Gasteiger partial charge on any atom is -0.313 e. The van der Waals surface area contributed by atoms with Crippen molar-refractivity contribution >= 4 is 11.8 Å². The lowest BCUT2D eigenvalue weighted by molar-refractivity contribution is 0.339. The van der Waals surface area contributed by atoms with E-state index in [1.54, 1.807) is 0 Å². The van der Waals surface area contributed by atoms with Crippen molar-refractivity contribution in [1.29, 1.82) is 0 Å². The number of nitrogens with one attached hydrogen (secondary N) is 1. The zero-order valence-corrected chi connectivity index (χ0v) is 8.04. The first kappa shape index (κ1) is 7.93. The van der Waals surface area contributed by atoms with E-state index < -0.39 is 0 Å². The smallest absolute Gasteiger partial charge is 0.0282 e. The van der Waals surface area contributed by atoms with E-state index in [4.69, 9.17) is 0 Å². The third-order valence-corrected chi connectivity index (χ3v) is 4.48. The van der Waals surface area contributed by atoms with Crippen LogP contribution in [0.1, 0.15) is 32.1 Å². The SMILES string of the molecule is CSC1(CNC2CCC2)CC1. The molecule has 0 heterocycles. The minimum absolute atomic E-state index is 0.662. The first-order chi connectivity index (χ1) is 5.35. The normalized spacial score (nSPS) is 28.1. The Hall–Kier alpha value is 0.310. The molecule has 0 amide bonds. The van der Waals surface area contributed by atoms with Gasteiger partial charge < -0.3 is 5.32 Å². The molecule has 0 aromatic carbocycles. The van der Waals surface area contributed by atoms with Crippen molar-refractivity contribution in [2.75, 3.05) is 12.8 Å². The molecule has 0 saturated heterocycles. The van der Waals surface area contributed by atoms with Crippen LogP contribution in [0, 0.1) is 0 Å². The van der Waals surface area contributed by atoms with Gasteiger partial charge in [-0.1, -0.05) is 6.42 Å². The molecular formula is C9H17NS. The Balaban J connectivity index is 1.65. The monoisotopic (exact) mass is 171 g/mol. The topological polar surface area (TPSA) is 12.0 Å². The van der Waals surface area contributed by atoms with Crippen LogP contribution in [0.25, 0.3) is 0 Å². The van der Waals surface area contributed by atoms with Gasteiger partial charge in [0.1, 0.15) is 0 Å². The molecule has 11 heavy (non-hydrogen) atoms. The predicted molar refractivity (Wildman–Crippen MR) is 51.1 cm³/mol. The Labute approximate surface area is 73.3 Å². The maximum atomic E-state index is 3.65. The van der Waals surface area contributed by atoms with Crippen LogP contribution in [0.15, 0.2) is 0 Å².